The van der Waals surface area contributed by atoms with Crippen molar-refractivity contribution in [2.45, 2.75) is 0 Å². The van der Waals surface area contributed by atoms with E-state index in [0.717, 1.165) is 44.4 Å². The lowest BCUT2D eigenvalue weighted by Gasteiger charge is -2.16. The molecule has 0 saturated heterocycles. The smallest absolute Gasteiger partial charge is 0.162 e. The summed E-state index contributed by atoms with van der Waals surface area (Å²) in [4.78, 5) is 10.9. The van der Waals surface area contributed by atoms with Gasteiger partial charge in [0.15, 0.2) is 5.82 Å². The highest BCUT2D eigenvalue weighted by molar-refractivity contribution is 6.36. The summed E-state index contributed by atoms with van der Waals surface area (Å²) in [6, 6.07) is 63.1. The topological polar surface area (TPSA) is 30.7 Å². The van der Waals surface area contributed by atoms with Crippen molar-refractivity contribution >= 4 is 75.7 Å². The Morgan fingerprint density at radius 3 is 1.65 bits per heavy atom. The summed E-state index contributed by atoms with van der Waals surface area (Å²) in [6.45, 7) is 0. The van der Waals surface area contributed by atoms with Crippen LogP contribution in [0, 0.1) is 0 Å². The van der Waals surface area contributed by atoms with Gasteiger partial charge in [-0.25, -0.2) is 9.97 Å². The van der Waals surface area contributed by atoms with Gasteiger partial charge in [-0.1, -0.05) is 164 Å². The number of fused-ring (bicyclic) bond motifs is 12. The summed E-state index contributed by atoms with van der Waals surface area (Å²) >= 11 is 0. The van der Waals surface area contributed by atoms with Crippen LogP contribution in [0.2, 0.25) is 0 Å². The Bertz CT molecular complexity index is 3100. The number of nitrogens with zero attached hydrogens (tertiary/aromatic N) is 3. The molecule has 0 radical (unpaired) electrons. The number of hydrogen-bond acceptors (Lipinski definition) is 2. The Kier molecular flexibility index (Phi) is 5.96. The highest BCUT2D eigenvalue weighted by Crippen LogP contribution is 2.45. The van der Waals surface area contributed by atoms with Crippen LogP contribution >= 0.6 is 0 Å². The first-order valence-corrected chi connectivity index (χ1v) is 17.4. The molecule has 0 aliphatic rings. The van der Waals surface area contributed by atoms with E-state index in [2.05, 4.69) is 180 Å². The predicted molar refractivity (Wildman–Crippen MR) is 215 cm³/mol. The molecule has 2 aromatic heterocycles. The molecule has 0 aliphatic carbocycles. The van der Waals surface area contributed by atoms with E-state index in [1.807, 2.05) is 0 Å². The van der Waals surface area contributed by atoms with Crippen LogP contribution in [0.5, 0.6) is 0 Å². The van der Waals surface area contributed by atoms with Crippen LogP contribution in [0.25, 0.3) is 104 Å². The molecule has 51 heavy (non-hydrogen) atoms. The number of rotatable bonds is 3. The maximum atomic E-state index is 5.50. The summed E-state index contributed by atoms with van der Waals surface area (Å²) in [5.41, 5.74) is 5.26. The highest BCUT2D eigenvalue weighted by atomic mass is 15.1. The van der Waals surface area contributed by atoms with Crippen LogP contribution in [-0.2, 0) is 0 Å². The Labute approximate surface area is 293 Å². The van der Waals surface area contributed by atoms with Crippen LogP contribution in [0.15, 0.2) is 176 Å². The number of aromatic nitrogens is 3. The highest BCUT2D eigenvalue weighted by Gasteiger charge is 2.22. The van der Waals surface area contributed by atoms with E-state index < -0.39 is 0 Å². The fourth-order valence-corrected chi connectivity index (χ4v) is 8.35. The molecule has 0 amide bonds. The van der Waals surface area contributed by atoms with Gasteiger partial charge in [-0.2, -0.15) is 0 Å². The largest absolute Gasteiger partial charge is 0.293 e. The standard InChI is InChI=1S/C48H29N3/c1-4-18-33-30(13-1)16-11-24-37(33)42-29-44(50-48(49-42)40-25-12-17-31-14-2-5-19-34(31)40)51-43-26-10-9-23-41(43)46-45-35-20-6-3-15-32(35)27-28-38(45)36-21-7-8-22-39(36)47(46)51/h1-29H. The second-order valence-corrected chi connectivity index (χ2v) is 13.3. The van der Waals surface area contributed by atoms with E-state index in [1.165, 1.54) is 53.9 Å². The third-order valence-corrected chi connectivity index (χ3v) is 10.6. The molecule has 0 aliphatic heterocycles. The summed E-state index contributed by atoms with van der Waals surface area (Å²) in [5.74, 6) is 1.54. The second-order valence-electron chi connectivity index (χ2n) is 13.3. The van der Waals surface area contributed by atoms with Crippen LogP contribution in [0.3, 0.4) is 0 Å². The van der Waals surface area contributed by atoms with Gasteiger partial charge >= 0.3 is 0 Å². The first kappa shape index (κ1) is 28.0. The molecule has 0 N–H and O–H groups in total. The first-order valence-electron chi connectivity index (χ1n) is 17.4. The van der Waals surface area contributed by atoms with Gasteiger partial charge in [0, 0.05) is 38.7 Å². The van der Waals surface area contributed by atoms with Gasteiger partial charge in [-0.05, 0) is 49.2 Å². The second kappa shape index (κ2) is 10.8. The number of para-hydroxylation sites is 1. The molecule has 0 spiro atoms. The van der Waals surface area contributed by atoms with Crippen LogP contribution < -0.4 is 0 Å². The van der Waals surface area contributed by atoms with Crippen LogP contribution in [0.4, 0.5) is 0 Å². The normalized spacial score (nSPS) is 11.9. The minimum Gasteiger partial charge on any atom is -0.293 e. The summed E-state index contributed by atoms with van der Waals surface area (Å²) in [5, 5.41) is 14.5. The summed E-state index contributed by atoms with van der Waals surface area (Å²) < 4.78 is 2.39. The molecule has 11 aromatic rings. The molecule has 3 heteroatoms. The van der Waals surface area contributed by atoms with E-state index in [-0.39, 0.29) is 0 Å². The molecule has 0 bridgehead atoms. The molecule has 11 rings (SSSR count). The van der Waals surface area contributed by atoms with Gasteiger partial charge in [0.1, 0.15) is 5.82 Å². The molecule has 0 saturated carbocycles. The molecule has 3 nitrogen and oxygen atoms in total. The zero-order valence-electron chi connectivity index (χ0n) is 27.6. The lowest BCUT2D eigenvalue weighted by atomic mass is 9.93. The molecule has 0 atom stereocenters. The van der Waals surface area contributed by atoms with E-state index >= 15 is 0 Å². The molecular weight excluding hydrogens is 619 g/mol. The van der Waals surface area contributed by atoms with Crippen molar-refractivity contribution in [1.29, 1.82) is 0 Å². The fourth-order valence-electron chi connectivity index (χ4n) is 8.35. The van der Waals surface area contributed by atoms with Crippen molar-refractivity contribution in [3.8, 4) is 28.5 Å². The molecule has 2 heterocycles. The van der Waals surface area contributed by atoms with Crippen molar-refractivity contribution in [3.05, 3.63) is 176 Å². The van der Waals surface area contributed by atoms with Gasteiger partial charge in [-0.15, -0.1) is 0 Å². The van der Waals surface area contributed by atoms with Gasteiger partial charge in [-0.3, -0.25) is 4.57 Å². The zero-order valence-corrected chi connectivity index (χ0v) is 27.6. The van der Waals surface area contributed by atoms with Crippen molar-refractivity contribution in [3.63, 3.8) is 0 Å². The van der Waals surface area contributed by atoms with Crippen molar-refractivity contribution in [2.75, 3.05) is 0 Å². The number of benzene rings is 9. The lowest BCUT2D eigenvalue weighted by molar-refractivity contribution is 1.05. The summed E-state index contributed by atoms with van der Waals surface area (Å²) in [7, 11) is 0. The fraction of sp³-hybridized carbons (Fsp3) is 0. The van der Waals surface area contributed by atoms with Crippen molar-refractivity contribution in [2.24, 2.45) is 0 Å². The Morgan fingerprint density at radius 1 is 0.353 bits per heavy atom. The maximum absolute atomic E-state index is 5.50. The lowest BCUT2D eigenvalue weighted by Crippen LogP contribution is -2.03. The van der Waals surface area contributed by atoms with Crippen molar-refractivity contribution < 1.29 is 0 Å². The Morgan fingerprint density at radius 2 is 0.902 bits per heavy atom. The Hall–Kier alpha value is -6.84. The van der Waals surface area contributed by atoms with Gasteiger partial charge in [0.25, 0.3) is 0 Å². The quantitative estimate of drug-likeness (QED) is 0.179. The van der Waals surface area contributed by atoms with E-state index in [0.29, 0.717) is 5.82 Å². The summed E-state index contributed by atoms with van der Waals surface area (Å²) in [6.07, 6.45) is 0. The van der Waals surface area contributed by atoms with Gasteiger partial charge < -0.3 is 0 Å². The molecule has 236 valence electrons. The third-order valence-electron chi connectivity index (χ3n) is 10.6. The van der Waals surface area contributed by atoms with Crippen LogP contribution in [-0.4, -0.2) is 14.5 Å². The first-order chi connectivity index (χ1) is 25.3. The van der Waals surface area contributed by atoms with Gasteiger partial charge in [0.2, 0.25) is 0 Å². The van der Waals surface area contributed by atoms with E-state index in [1.54, 1.807) is 0 Å². The van der Waals surface area contributed by atoms with Crippen molar-refractivity contribution in [1.82, 2.24) is 14.5 Å². The average molecular weight is 648 g/mol. The molecule has 0 fully saturated rings. The Balaban J connectivity index is 1.34. The monoisotopic (exact) mass is 647 g/mol. The molecule has 0 unspecified atom stereocenters. The van der Waals surface area contributed by atoms with Crippen LogP contribution in [0.1, 0.15) is 0 Å². The maximum Gasteiger partial charge on any atom is 0.162 e. The van der Waals surface area contributed by atoms with E-state index in [4.69, 9.17) is 9.97 Å². The SMILES string of the molecule is c1ccc2c(-c3cc(-n4c5ccccc5c5c6c7ccccc7ccc6c6ccccc6c54)nc(-c4cccc5ccccc45)n3)cccc2c1. The third kappa shape index (κ3) is 4.12. The number of hydrogen-bond donors (Lipinski definition) is 0. The molecule has 9 aromatic carbocycles. The average Bonchev–Trinajstić information content (AvgIpc) is 3.55. The van der Waals surface area contributed by atoms with E-state index in [9.17, 15) is 0 Å². The zero-order chi connectivity index (χ0) is 33.5. The minimum atomic E-state index is 0.703. The molecular formula is C48H29N3. The minimum absolute atomic E-state index is 0.703. The predicted octanol–water partition coefficient (Wildman–Crippen LogP) is 12.7. The van der Waals surface area contributed by atoms with Gasteiger partial charge in [0.05, 0.1) is 16.7 Å².